The van der Waals surface area contributed by atoms with Crippen molar-refractivity contribution in [2.45, 2.75) is 36.6 Å². The summed E-state index contributed by atoms with van der Waals surface area (Å²) in [5, 5.41) is 19.8. The Morgan fingerprint density at radius 1 is 0.406 bits per heavy atom. The first-order chi connectivity index (χ1) is 12.2. The van der Waals surface area contributed by atoms with Gasteiger partial charge in [0.25, 0.3) is 0 Å². The molecule has 1 saturated carbocycles. The minimum absolute atomic E-state index is 0. The molecule has 18 nitrogen and oxygen atoms in total. The van der Waals surface area contributed by atoms with Crippen LogP contribution in [0.5, 0.6) is 0 Å². The van der Waals surface area contributed by atoms with Gasteiger partial charge < -0.3 is 49.4 Å². The van der Waals surface area contributed by atoms with E-state index in [1.165, 1.54) is 0 Å². The van der Waals surface area contributed by atoms with E-state index in [4.69, 9.17) is 39.1 Å². The first-order valence-corrected chi connectivity index (χ1v) is 12.6. The molecule has 168 valence electrons. The summed E-state index contributed by atoms with van der Waals surface area (Å²) in [5.41, 5.74) is 0. The standard InChI is InChI=1S/C6H16O18P4.4Na/c7-1-2(8)4(22-26(12,13)14)6(24-28(18,19)20)5(23-27(15,16)17)3(1)21-25(9,10)11;;;;/h1-8H,(H2,9,10,11)(H2,12,13,14)(H2,15,16,17)(H2,18,19,20);;;;/q;4*+1/t1-,2-,3+,4+,5-,6+;;;;/m0..../s1. The van der Waals surface area contributed by atoms with Gasteiger partial charge in [0.2, 0.25) is 0 Å². The molecular weight excluding hydrogens is 576 g/mol. The molecule has 0 unspecified atom stereocenters. The Kier molecular flexibility index (Phi) is 22.3. The summed E-state index contributed by atoms with van der Waals surface area (Å²) in [5.74, 6) is 0. The van der Waals surface area contributed by atoms with Crippen LogP contribution in [-0.2, 0) is 36.4 Å². The summed E-state index contributed by atoms with van der Waals surface area (Å²) < 4.78 is 60.6. The van der Waals surface area contributed by atoms with Crippen molar-refractivity contribution in [1.82, 2.24) is 0 Å². The SMILES string of the molecule is O=P(O)(O)O[C@@H]1[C@H](OP(=O)(O)O)[C@H](OP(=O)(O)O)[C@@H](O)[C@H](O)[C@H]1OP(=O)(O)O.[Na+].[Na+].[Na+].[Na+]. The quantitative estimate of drug-likeness (QED) is 0.0924. The van der Waals surface area contributed by atoms with E-state index in [1.54, 1.807) is 0 Å². The molecule has 0 radical (unpaired) electrons. The number of phosphoric acid groups is 4. The molecular formula is C6H16Na4O18P4+4. The zero-order valence-electron chi connectivity index (χ0n) is 17.0. The van der Waals surface area contributed by atoms with Gasteiger partial charge in [0, 0.05) is 0 Å². The van der Waals surface area contributed by atoms with Crippen LogP contribution in [0.1, 0.15) is 0 Å². The fourth-order valence-electron chi connectivity index (χ4n) is 2.27. The molecule has 1 fully saturated rings. The topological polar surface area (TPSA) is 308 Å². The Balaban J connectivity index is -0.000000980. The van der Waals surface area contributed by atoms with Gasteiger partial charge in [-0.25, -0.2) is 18.3 Å². The van der Waals surface area contributed by atoms with Crippen LogP contribution in [0, 0.1) is 0 Å². The van der Waals surface area contributed by atoms with E-state index >= 15 is 0 Å². The smallest absolute Gasteiger partial charge is 0.387 e. The van der Waals surface area contributed by atoms with E-state index < -0.39 is 67.9 Å². The van der Waals surface area contributed by atoms with E-state index in [0.717, 1.165) is 0 Å². The third-order valence-corrected chi connectivity index (χ3v) is 5.10. The Morgan fingerprint density at radius 2 is 0.562 bits per heavy atom. The van der Waals surface area contributed by atoms with Crippen LogP contribution in [0.2, 0.25) is 0 Å². The average molecular weight is 592 g/mol. The van der Waals surface area contributed by atoms with Crippen LogP contribution in [0.25, 0.3) is 0 Å². The first-order valence-electron chi connectivity index (χ1n) is 6.52. The molecule has 10 N–H and O–H groups in total. The van der Waals surface area contributed by atoms with Crippen molar-refractivity contribution in [1.29, 1.82) is 0 Å². The average Bonchev–Trinajstić information content (AvgIpc) is 2.39. The molecule has 0 aromatic rings. The number of hydrogen-bond acceptors (Lipinski definition) is 10. The molecule has 0 aliphatic heterocycles. The van der Waals surface area contributed by atoms with Gasteiger partial charge in [0.1, 0.15) is 36.6 Å². The predicted octanol–water partition coefficient (Wildman–Crippen LogP) is -15.4. The molecule has 1 aliphatic rings. The Labute approximate surface area is 268 Å². The maximum absolute atomic E-state index is 11.1. The molecule has 0 amide bonds. The summed E-state index contributed by atoms with van der Waals surface area (Å²) in [6, 6.07) is 0. The van der Waals surface area contributed by atoms with Crippen molar-refractivity contribution in [2.75, 3.05) is 0 Å². The number of phosphoric ester groups is 4. The monoisotopic (exact) mass is 592 g/mol. The minimum atomic E-state index is -5.67. The summed E-state index contributed by atoms with van der Waals surface area (Å²) >= 11 is 0. The molecule has 1 rings (SSSR count). The second-order valence-corrected chi connectivity index (χ2v) is 9.99. The molecule has 1 aliphatic carbocycles. The van der Waals surface area contributed by atoms with Gasteiger partial charge in [-0.1, -0.05) is 0 Å². The van der Waals surface area contributed by atoms with Crippen LogP contribution in [-0.4, -0.2) is 86.0 Å². The number of aliphatic hydroxyl groups is 2. The van der Waals surface area contributed by atoms with Crippen molar-refractivity contribution in [3.8, 4) is 0 Å². The fraction of sp³-hybridized carbons (Fsp3) is 1.00. The van der Waals surface area contributed by atoms with E-state index in [0.29, 0.717) is 0 Å². The third kappa shape index (κ3) is 16.4. The number of rotatable bonds is 8. The summed E-state index contributed by atoms with van der Waals surface area (Å²) in [6.07, 6.45) is -15.9. The molecule has 26 heteroatoms. The number of aliphatic hydroxyl groups excluding tert-OH is 2. The van der Waals surface area contributed by atoms with E-state index in [9.17, 15) is 28.5 Å². The van der Waals surface area contributed by atoms with Gasteiger partial charge in [-0.3, -0.25) is 18.1 Å². The number of hydrogen-bond donors (Lipinski definition) is 10. The van der Waals surface area contributed by atoms with Crippen LogP contribution < -0.4 is 118 Å². The van der Waals surface area contributed by atoms with Crippen molar-refractivity contribution < 1.29 is 204 Å². The summed E-state index contributed by atoms with van der Waals surface area (Å²) in [4.78, 5) is 71.1. The Bertz CT molecular complexity index is 682. The first kappa shape index (κ1) is 43.4. The molecule has 0 saturated heterocycles. The van der Waals surface area contributed by atoms with Gasteiger partial charge in [-0.2, -0.15) is 0 Å². The van der Waals surface area contributed by atoms with Crippen LogP contribution >= 0.6 is 31.3 Å². The Morgan fingerprint density at radius 3 is 0.719 bits per heavy atom. The molecule has 0 aromatic heterocycles. The second-order valence-electron chi connectivity index (χ2n) is 5.22. The minimum Gasteiger partial charge on any atom is -0.387 e. The van der Waals surface area contributed by atoms with E-state index in [2.05, 4.69) is 18.1 Å². The second kappa shape index (κ2) is 16.5. The molecule has 0 spiro atoms. The van der Waals surface area contributed by atoms with Gasteiger partial charge in [-0.15, -0.1) is 0 Å². The molecule has 6 atom stereocenters. The molecule has 0 heterocycles. The zero-order valence-corrected chi connectivity index (χ0v) is 28.6. The summed E-state index contributed by atoms with van der Waals surface area (Å²) in [7, 11) is -22.5. The van der Waals surface area contributed by atoms with Crippen molar-refractivity contribution >= 4 is 31.3 Å². The van der Waals surface area contributed by atoms with Crippen LogP contribution in [0.4, 0.5) is 0 Å². The summed E-state index contributed by atoms with van der Waals surface area (Å²) in [6.45, 7) is 0. The van der Waals surface area contributed by atoms with E-state index in [-0.39, 0.29) is 118 Å². The maximum Gasteiger partial charge on any atom is 1.00 e. The van der Waals surface area contributed by atoms with Gasteiger partial charge in [0.15, 0.2) is 0 Å². The van der Waals surface area contributed by atoms with Gasteiger partial charge in [0.05, 0.1) is 0 Å². The Hall–Kier alpha value is 4.36. The van der Waals surface area contributed by atoms with Crippen LogP contribution in [0.15, 0.2) is 0 Å². The van der Waals surface area contributed by atoms with Crippen molar-refractivity contribution in [3.63, 3.8) is 0 Å². The van der Waals surface area contributed by atoms with Crippen LogP contribution in [0.3, 0.4) is 0 Å². The van der Waals surface area contributed by atoms with Crippen molar-refractivity contribution in [2.24, 2.45) is 0 Å². The molecule has 0 bridgehead atoms. The fourth-order valence-corrected chi connectivity index (χ4v) is 4.51. The van der Waals surface area contributed by atoms with Gasteiger partial charge >= 0.3 is 150 Å². The zero-order chi connectivity index (χ0) is 22.3. The predicted molar refractivity (Wildman–Crippen MR) is 79.7 cm³/mol. The largest absolute Gasteiger partial charge is 1.00 e. The third-order valence-electron chi connectivity index (χ3n) is 3.03. The normalized spacial score (nSPS) is 28.9. The van der Waals surface area contributed by atoms with Crippen molar-refractivity contribution in [3.05, 3.63) is 0 Å². The molecule has 32 heavy (non-hydrogen) atoms. The maximum atomic E-state index is 11.1. The van der Waals surface area contributed by atoms with E-state index in [1.807, 2.05) is 0 Å². The molecule has 0 aromatic carbocycles. The van der Waals surface area contributed by atoms with Gasteiger partial charge in [-0.05, 0) is 0 Å².